The maximum Gasteiger partial charge on any atom is 0.504 e. The van der Waals surface area contributed by atoms with E-state index in [1.807, 2.05) is 0 Å². The molecule has 0 bridgehead atoms. The van der Waals surface area contributed by atoms with Crippen molar-refractivity contribution >= 4 is 16.1 Å². The van der Waals surface area contributed by atoms with Gasteiger partial charge in [0.1, 0.15) is 0 Å². The summed E-state index contributed by atoms with van der Waals surface area (Å²) in [6.45, 7) is 2.17. The lowest BCUT2D eigenvalue weighted by molar-refractivity contribution is -0.212. The highest BCUT2D eigenvalue weighted by Crippen LogP contribution is 2.53. The van der Waals surface area contributed by atoms with Gasteiger partial charge >= 0.3 is 12.3 Å². The van der Waals surface area contributed by atoms with E-state index in [4.69, 9.17) is 0 Å². The Morgan fingerprint density at radius 2 is 1.86 bits per heavy atom. The van der Waals surface area contributed by atoms with Gasteiger partial charge < -0.3 is 9.80 Å². The Hall–Kier alpha value is -1.82. The number of sulfonamides is 1. The zero-order chi connectivity index (χ0) is 20.7. The third kappa shape index (κ3) is 3.29. The lowest BCUT2D eigenvalue weighted by Crippen LogP contribution is -2.73. The van der Waals surface area contributed by atoms with Gasteiger partial charge in [-0.3, -0.25) is 0 Å². The Bertz CT molecular complexity index is 940. The number of amides is 2. The summed E-state index contributed by atoms with van der Waals surface area (Å²) >= 11 is 0. The molecular formula is C17H22F3N5O3S. The Morgan fingerprint density at radius 3 is 2.41 bits per heavy atom. The third-order valence-corrected chi connectivity index (χ3v) is 8.15. The van der Waals surface area contributed by atoms with Crippen molar-refractivity contribution in [1.29, 1.82) is 0 Å². The van der Waals surface area contributed by atoms with E-state index in [1.165, 1.54) is 6.20 Å². The highest BCUT2D eigenvalue weighted by Gasteiger charge is 2.57. The predicted molar refractivity (Wildman–Crippen MR) is 95.2 cm³/mol. The number of hydrogen-bond donors (Lipinski definition) is 1. The molecule has 3 saturated heterocycles. The molecule has 3 aliphatic heterocycles. The van der Waals surface area contributed by atoms with Gasteiger partial charge in [0.05, 0.1) is 17.5 Å². The lowest BCUT2D eigenvalue weighted by Gasteiger charge is -2.61. The first-order chi connectivity index (χ1) is 13.5. The van der Waals surface area contributed by atoms with Gasteiger partial charge in [-0.05, 0) is 37.2 Å². The predicted octanol–water partition coefficient (Wildman–Crippen LogP) is 1.11. The van der Waals surface area contributed by atoms with Gasteiger partial charge in [-0.2, -0.15) is 9.78 Å². The van der Waals surface area contributed by atoms with Gasteiger partial charge in [0, 0.05) is 37.8 Å². The maximum absolute atomic E-state index is 12.6. The van der Waals surface area contributed by atoms with Gasteiger partial charge in [0.2, 0.25) is 10.0 Å². The molecule has 2 amide bonds. The van der Waals surface area contributed by atoms with E-state index in [-0.39, 0.29) is 21.9 Å². The van der Waals surface area contributed by atoms with Crippen molar-refractivity contribution in [3.63, 3.8) is 0 Å². The molecule has 0 aromatic carbocycles. The van der Waals surface area contributed by atoms with Crippen LogP contribution in [0.15, 0.2) is 12.4 Å². The first kappa shape index (κ1) is 19.2. The topological polar surface area (TPSA) is 87.5 Å². The van der Waals surface area contributed by atoms with Crippen LogP contribution in [0.3, 0.4) is 0 Å². The van der Waals surface area contributed by atoms with Crippen LogP contribution >= 0.6 is 0 Å². The molecule has 4 heterocycles. The number of halogens is 3. The van der Waals surface area contributed by atoms with Crippen molar-refractivity contribution < 1.29 is 26.4 Å². The van der Waals surface area contributed by atoms with Crippen LogP contribution in [0, 0.1) is 11.3 Å². The van der Waals surface area contributed by atoms with Crippen molar-refractivity contribution in [2.75, 3.05) is 31.9 Å². The molecule has 1 aromatic rings. The van der Waals surface area contributed by atoms with Crippen LogP contribution in [-0.4, -0.2) is 71.5 Å². The number of rotatable bonds is 2. The lowest BCUT2D eigenvalue weighted by atomic mass is 9.56. The van der Waals surface area contributed by atoms with Gasteiger partial charge in [0.15, 0.2) is 0 Å². The number of hydrogen-bond acceptors (Lipinski definition) is 4. The number of alkyl halides is 3. The van der Waals surface area contributed by atoms with Crippen molar-refractivity contribution in [2.45, 2.75) is 37.5 Å². The molecule has 1 aromatic heterocycles. The Morgan fingerprint density at radius 1 is 1.21 bits per heavy atom. The second-order valence-corrected chi connectivity index (χ2v) is 11.0. The molecule has 8 nitrogen and oxygen atoms in total. The molecule has 0 atom stereocenters. The summed E-state index contributed by atoms with van der Waals surface area (Å²) in [6, 6.07) is -0.0535. The number of nitrogens with zero attached hydrogens (tertiary/aromatic N) is 4. The molecule has 4 fully saturated rings. The quantitative estimate of drug-likeness (QED) is 0.757. The van der Waals surface area contributed by atoms with Crippen molar-refractivity contribution in [2.24, 2.45) is 11.3 Å². The fourth-order valence-electron chi connectivity index (χ4n) is 5.41. The summed E-state index contributed by atoms with van der Waals surface area (Å²) in [5, 5.41) is 3.37. The number of aromatic nitrogens is 2. The summed E-state index contributed by atoms with van der Waals surface area (Å²) in [5.41, 5.74) is 0.205. The molecule has 0 unspecified atom stereocenters. The van der Waals surface area contributed by atoms with Gasteiger partial charge in [-0.15, -0.1) is 13.2 Å². The van der Waals surface area contributed by atoms with E-state index in [0.717, 1.165) is 19.0 Å². The van der Waals surface area contributed by atoms with Crippen LogP contribution in [0.5, 0.6) is 0 Å². The Balaban J connectivity index is 1.07. The van der Waals surface area contributed by atoms with Crippen LogP contribution in [0.25, 0.3) is 0 Å². The smallest absolute Gasteiger partial charge is 0.323 e. The Labute approximate surface area is 166 Å². The molecule has 29 heavy (non-hydrogen) atoms. The zero-order valence-corrected chi connectivity index (χ0v) is 16.5. The number of nitrogens with one attached hydrogen (secondary N) is 1. The Kier molecular flexibility index (Phi) is 3.88. The normalized spacial score (nSPS) is 27.0. The minimum absolute atomic E-state index is 0.0325. The summed E-state index contributed by atoms with van der Waals surface area (Å²) in [4.78, 5) is 16.0. The molecule has 1 saturated carbocycles. The second kappa shape index (κ2) is 5.87. The molecule has 160 valence electrons. The van der Waals surface area contributed by atoms with Crippen LogP contribution in [-0.2, 0) is 22.7 Å². The molecule has 1 aliphatic carbocycles. The van der Waals surface area contributed by atoms with E-state index in [2.05, 4.69) is 9.82 Å². The van der Waals surface area contributed by atoms with E-state index >= 15 is 0 Å². The molecule has 2 spiro atoms. The number of urea groups is 1. The maximum atomic E-state index is 12.6. The van der Waals surface area contributed by atoms with Crippen LogP contribution < -0.4 is 4.72 Å². The van der Waals surface area contributed by atoms with Gasteiger partial charge in [-0.25, -0.2) is 17.9 Å². The standard InChI is InChI=1S/C17H22F3N5O3S/c18-17(19,20)25-7-13(6-21-25)3-12-4-15(5-12)8-23(9-15)14(26)24-10-16(11-24)1-2-29(27,28)22-16/h6-7,12,22H,1-5,8-11H2. The minimum Gasteiger partial charge on any atom is -0.323 e. The monoisotopic (exact) mass is 433 g/mol. The minimum atomic E-state index is -4.48. The fraction of sp³-hybridized carbons (Fsp3) is 0.765. The zero-order valence-electron chi connectivity index (χ0n) is 15.7. The molecule has 1 N–H and O–H groups in total. The molecule has 0 radical (unpaired) electrons. The van der Waals surface area contributed by atoms with Gasteiger partial charge in [0.25, 0.3) is 0 Å². The highest BCUT2D eigenvalue weighted by molar-refractivity contribution is 7.89. The van der Waals surface area contributed by atoms with Gasteiger partial charge in [-0.1, -0.05) is 0 Å². The molecular weight excluding hydrogens is 411 g/mol. The summed E-state index contributed by atoms with van der Waals surface area (Å²) in [6.07, 6.45) is 0.734. The van der Waals surface area contributed by atoms with E-state index in [1.54, 1.807) is 9.80 Å². The molecule has 4 aliphatic rings. The highest BCUT2D eigenvalue weighted by atomic mass is 32.2. The van der Waals surface area contributed by atoms with E-state index in [9.17, 15) is 26.4 Å². The molecule has 5 rings (SSSR count). The van der Waals surface area contributed by atoms with Crippen molar-refractivity contribution in [3.8, 4) is 0 Å². The first-order valence-electron chi connectivity index (χ1n) is 9.63. The number of carbonyl (C=O) groups excluding carboxylic acids is 1. The summed E-state index contributed by atoms with van der Waals surface area (Å²) < 4.78 is 63.6. The SMILES string of the molecule is O=C(N1CC2(CC(Cc3cnn(C(F)(F)F)c3)C2)C1)N1CC2(CCS(=O)(=O)N2)C1. The van der Waals surface area contributed by atoms with Crippen LogP contribution in [0.1, 0.15) is 24.8 Å². The van der Waals surface area contributed by atoms with Crippen LogP contribution in [0.2, 0.25) is 0 Å². The van der Waals surface area contributed by atoms with Crippen molar-refractivity contribution in [1.82, 2.24) is 24.3 Å². The largest absolute Gasteiger partial charge is 0.504 e. The van der Waals surface area contributed by atoms with Crippen molar-refractivity contribution in [3.05, 3.63) is 18.0 Å². The third-order valence-electron chi connectivity index (χ3n) is 6.67. The average molecular weight is 433 g/mol. The van der Waals surface area contributed by atoms with Crippen LogP contribution in [0.4, 0.5) is 18.0 Å². The van der Waals surface area contributed by atoms with E-state index in [0.29, 0.717) is 50.5 Å². The number of carbonyl (C=O) groups is 1. The second-order valence-electron chi connectivity index (χ2n) is 9.19. The average Bonchev–Trinajstić information content (AvgIpc) is 3.10. The number of likely N-dealkylation sites (tertiary alicyclic amines) is 2. The fourth-order valence-corrected chi connectivity index (χ4v) is 7.06. The first-order valence-corrected chi connectivity index (χ1v) is 11.3. The summed E-state index contributed by atoms with van der Waals surface area (Å²) in [5.74, 6) is 0.434. The summed E-state index contributed by atoms with van der Waals surface area (Å²) in [7, 11) is -3.20. The van der Waals surface area contributed by atoms with E-state index < -0.39 is 21.9 Å². The molecule has 12 heteroatoms.